The van der Waals surface area contributed by atoms with Crippen LogP contribution in [0.5, 0.6) is 0 Å². The molecule has 5 rings (SSSR count). The van der Waals surface area contributed by atoms with Crippen LogP contribution in [0.4, 0.5) is 4.39 Å². The highest BCUT2D eigenvalue weighted by molar-refractivity contribution is 5.77. The van der Waals surface area contributed by atoms with E-state index in [9.17, 15) is 14.0 Å². The minimum Gasteiger partial charge on any atom is -0.465 e. The Bertz CT molecular complexity index is 1460. The molecule has 0 radical (unpaired) electrons. The predicted octanol–water partition coefficient (Wildman–Crippen LogP) is 5.27. The Labute approximate surface area is 227 Å². The van der Waals surface area contributed by atoms with E-state index in [0.717, 1.165) is 31.5 Å². The van der Waals surface area contributed by atoms with Gasteiger partial charge in [-0.1, -0.05) is 60.7 Å². The van der Waals surface area contributed by atoms with Crippen molar-refractivity contribution < 1.29 is 13.9 Å². The summed E-state index contributed by atoms with van der Waals surface area (Å²) in [6.45, 7) is 5.51. The van der Waals surface area contributed by atoms with E-state index in [1.165, 1.54) is 27.2 Å². The van der Waals surface area contributed by atoms with Crippen LogP contribution in [0, 0.1) is 5.82 Å². The molecule has 0 amide bonds. The summed E-state index contributed by atoms with van der Waals surface area (Å²) >= 11 is 0. The van der Waals surface area contributed by atoms with Crippen molar-refractivity contribution in [2.75, 3.05) is 19.7 Å². The molecule has 0 spiro atoms. The molecule has 0 aliphatic carbocycles. The Kier molecular flexibility index (Phi) is 8.02. The Morgan fingerprint density at radius 3 is 2.33 bits per heavy atom. The van der Waals surface area contributed by atoms with Gasteiger partial charge < -0.3 is 4.74 Å². The Balaban J connectivity index is 1.27. The molecule has 0 N–H and O–H groups in total. The van der Waals surface area contributed by atoms with Crippen molar-refractivity contribution in [3.05, 3.63) is 118 Å². The van der Waals surface area contributed by atoms with Crippen LogP contribution >= 0.6 is 0 Å². The van der Waals surface area contributed by atoms with Crippen molar-refractivity contribution in [3.63, 3.8) is 0 Å². The number of hydrogen-bond donors (Lipinski definition) is 0. The number of halogens is 1. The Hall–Kier alpha value is -4.04. The van der Waals surface area contributed by atoms with Gasteiger partial charge in [0.2, 0.25) is 0 Å². The second-order valence-electron chi connectivity index (χ2n) is 9.89. The van der Waals surface area contributed by atoms with E-state index in [1.807, 2.05) is 49.4 Å². The third kappa shape index (κ3) is 5.56. The Morgan fingerprint density at radius 1 is 1.00 bits per heavy atom. The maximum absolute atomic E-state index is 14.3. The van der Waals surface area contributed by atoms with E-state index < -0.39 is 12.1 Å². The van der Waals surface area contributed by atoms with Crippen molar-refractivity contribution in [1.82, 2.24) is 19.2 Å². The van der Waals surface area contributed by atoms with Crippen LogP contribution in [0.25, 0.3) is 5.69 Å². The van der Waals surface area contributed by atoms with E-state index in [-0.39, 0.29) is 17.5 Å². The van der Waals surface area contributed by atoms with Crippen molar-refractivity contribution >= 4 is 5.97 Å². The standard InChI is InChI=1S/C31H33FN4O3/c1-3-39-30(37)29(25-9-5-4-6-10-25)34-19-17-24(18-20-34)23-13-15-26(16-14-23)35-21-33-36(31(35)38)22(2)27-11-7-8-12-28(27)32/h4-16,21-22,24,29H,3,17-20H2,1-2H3/t22-,29-/m1/s1. The minimum atomic E-state index is -0.529. The summed E-state index contributed by atoms with van der Waals surface area (Å²) in [6, 6.07) is 23.3. The molecule has 7 nitrogen and oxygen atoms in total. The second kappa shape index (κ2) is 11.8. The van der Waals surface area contributed by atoms with Gasteiger partial charge in [-0.25, -0.2) is 23.2 Å². The predicted molar refractivity (Wildman–Crippen MR) is 147 cm³/mol. The second-order valence-corrected chi connectivity index (χ2v) is 9.89. The van der Waals surface area contributed by atoms with E-state index in [1.54, 1.807) is 25.1 Å². The molecule has 0 bridgehead atoms. The number of nitrogens with zero attached hydrogens (tertiary/aromatic N) is 4. The monoisotopic (exact) mass is 528 g/mol. The molecule has 8 heteroatoms. The molecule has 2 heterocycles. The molecule has 0 unspecified atom stereocenters. The van der Waals surface area contributed by atoms with Crippen LogP contribution in [0.3, 0.4) is 0 Å². The maximum Gasteiger partial charge on any atom is 0.350 e. The van der Waals surface area contributed by atoms with Crippen molar-refractivity contribution in [1.29, 1.82) is 0 Å². The summed E-state index contributed by atoms with van der Waals surface area (Å²) in [6.07, 6.45) is 3.31. The fourth-order valence-corrected chi connectivity index (χ4v) is 5.46. The lowest BCUT2D eigenvalue weighted by Gasteiger charge is -2.36. The topological polar surface area (TPSA) is 69.4 Å². The molecular formula is C31H33FN4O3. The summed E-state index contributed by atoms with van der Waals surface area (Å²) in [4.78, 5) is 28.1. The quantitative estimate of drug-likeness (QED) is 0.292. The van der Waals surface area contributed by atoms with Gasteiger partial charge in [-0.15, -0.1) is 0 Å². The molecule has 1 saturated heterocycles. The van der Waals surface area contributed by atoms with E-state index in [0.29, 0.717) is 23.8 Å². The molecule has 1 aromatic heterocycles. The zero-order valence-electron chi connectivity index (χ0n) is 22.2. The highest BCUT2D eigenvalue weighted by Gasteiger charge is 2.32. The molecule has 39 heavy (non-hydrogen) atoms. The van der Waals surface area contributed by atoms with Crippen molar-refractivity contribution in [2.45, 2.75) is 44.7 Å². The number of aromatic nitrogens is 3. The molecule has 202 valence electrons. The van der Waals surface area contributed by atoms with Crippen LogP contribution in [0.2, 0.25) is 0 Å². The molecule has 3 aromatic carbocycles. The molecular weight excluding hydrogens is 495 g/mol. The molecule has 0 saturated carbocycles. The van der Waals surface area contributed by atoms with Gasteiger partial charge in [-0.3, -0.25) is 4.90 Å². The van der Waals surface area contributed by atoms with Gasteiger partial charge in [0.15, 0.2) is 0 Å². The summed E-state index contributed by atoms with van der Waals surface area (Å²) in [5.74, 6) is -0.213. The fraction of sp³-hybridized carbons (Fsp3) is 0.323. The highest BCUT2D eigenvalue weighted by Crippen LogP contribution is 2.33. The lowest BCUT2D eigenvalue weighted by Crippen LogP contribution is -2.40. The smallest absolute Gasteiger partial charge is 0.350 e. The number of benzene rings is 3. The number of rotatable bonds is 8. The van der Waals surface area contributed by atoms with E-state index >= 15 is 0 Å². The van der Waals surface area contributed by atoms with Gasteiger partial charge in [-0.05, 0) is 75.0 Å². The number of carbonyl (C=O) groups excluding carboxylic acids is 1. The highest BCUT2D eigenvalue weighted by atomic mass is 19.1. The molecule has 4 aromatic rings. The maximum atomic E-state index is 14.3. The summed E-state index contributed by atoms with van der Waals surface area (Å²) in [5, 5.41) is 4.26. The average Bonchev–Trinajstić information content (AvgIpc) is 3.35. The first-order chi connectivity index (χ1) is 19.0. The van der Waals surface area contributed by atoms with Gasteiger partial charge in [0.1, 0.15) is 18.2 Å². The number of hydrogen-bond acceptors (Lipinski definition) is 5. The van der Waals surface area contributed by atoms with Gasteiger partial charge in [0.05, 0.1) is 18.3 Å². The molecule has 1 fully saturated rings. The Morgan fingerprint density at radius 2 is 1.67 bits per heavy atom. The number of esters is 1. The zero-order chi connectivity index (χ0) is 27.4. The van der Waals surface area contributed by atoms with Crippen LogP contribution in [-0.2, 0) is 9.53 Å². The summed E-state index contributed by atoms with van der Waals surface area (Å²) in [5.41, 5.74) is 2.96. The lowest BCUT2D eigenvalue weighted by molar-refractivity contribution is -0.150. The van der Waals surface area contributed by atoms with Crippen LogP contribution in [0.15, 0.2) is 90.0 Å². The first-order valence-corrected chi connectivity index (χ1v) is 13.4. The molecule has 1 aliphatic rings. The van der Waals surface area contributed by atoms with Gasteiger partial charge in [0, 0.05) is 5.56 Å². The number of piperidine rings is 1. The van der Waals surface area contributed by atoms with E-state index in [2.05, 4.69) is 22.1 Å². The minimum absolute atomic E-state index is 0.207. The number of likely N-dealkylation sites (tertiary alicyclic amines) is 1. The van der Waals surface area contributed by atoms with Crippen molar-refractivity contribution in [2.24, 2.45) is 0 Å². The van der Waals surface area contributed by atoms with E-state index in [4.69, 9.17) is 4.74 Å². The van der Waals surface area contributed by atoms with Crippen LogP contribution in [0.1, 0.15) is 61.4 Å². The first-order valence-electron chi connectivity index (χ1n) is 13.4. The average molecular weight is 529 g/mol. The van der Waals surface area contributed by atoms with Gasteiger partial charge in [-0.2, -0.15) is 5.10 Å². The normalized spacial score (nSPS) is 16.1. The third-order valence-corrected chi connectivity index (χ3v) is 7.58. The number of ether oxygens (including phenoxy) is 1. The van der Waals surface area contributed by atoms with Crippen LogP contribution in [-0.4, -0.2) is 44.9 Å². The fourth-order valence-electron chi connectivity index (χ4n) is 5.46. The van der Waals surface area contributed by atoms with Crippen molar-refractivity contribution in [3.8, 4) is 5.69 Å². The molecule has 2 atom stereocenters. The lowest BCUT2D eigenvalue weighted by atomic mass is 9.88. The SMILES string of the molecule is CCOC(=O)[C@@H](c1ccccc1)N1CCC(c2ccc(-n3cnn([C@H](C)c4ccccc4F)c3=O)cc2)CC1. The van der Waals surface area contributed by atoms with Gasteiger partial charge in [0.25, 0.3) is 0 Å². The van der Waals surface area contributed by atoms with Gasteiger partial charge >= 0.3 is 11.7 Å². The largest absolute Gasteiger partial charge is 0.465 e. The molecule has 1 aliphatic heterocycles. The summed E-state index contributed by atoms with van der Waals surface area (Å²) < 4.78 is 22.4. The van der Waals surface area contributed by atoms with Crippen LogP contribution < -0.4 is 5.69 Å². The number of carbonyl (C=O) groups is 1. The third-order valence-electron chi connectivity index (χ3n) is 7.58. The zero-order valence-corrected chi connectivity index (χ0v) is 22.2. The first kappa shape index (κ1) is 26.6. The summed E-state index contributed by atoms with van der Waals surface area (Å²) in [7, 11) is 0.